The molecule has 0 saturated heterocycles. The first-order valence-corrected chi connectivity index (χ1v) is 8.09. The maximum Gasteiger partial charge on any atom is 0.133 e. The van der Waals surface area contributed by atoms with Gasteiger partial charge in [0.15, 0.2) is 0 Å². The van der Waals surface area contributed by atoms with Crippen LogP contribution in [-0.4, -0.2) is 25.0 Å². The van der Waals surface area contributed by atoms with Gasteiger partial charge in [0, 0.05) is 15.3 Å². The van der Waals surface area contributed by atoms with Crippen LogP contribution in [0.2, 0.25) is 13.1 Å². The molecule has 0 radical (unpaired) electrons. The van der Waals surface area contributed by atoms with Crippen molar-refractivity contribution in [1.82, 2.24) is 5.32 Å². The molecule has 0 atom stereocenters. The van der Waals surface area contributed by atoms with E-state index in [9.17, 15) is 0 Å². The maximum atomic E-state index is 5.05. The van der Waals surface area contributed by atoms with Crippen molar-refractivity contribution in [2.75, 3.05) is 11.9 Å². The van der Waals surface area contributed by atoms with E-state index >= 15 is 0 Å². The summed E-state index contributed by atoms with van der Waals surface area (Å²) in [5.41, 5.74) is 0. The highest BCUT2D eigenvalue weighted by atomic mass is 32.2. The molecule has 0 saturated carbocycles. The van der Waals surface area contributed by atoms with Gasteiger partial charge in [-0.15, -0.1) is 11.8 Å². The van der Waals surface area contributed by atoms with Gasteiger partial charge in [-0.1, -0.05) is 25.3 Å². The van der Waals surface area contributed by atoms with E-state index in [2.05, 4.69) is 25.3 Å². The third-order valence-corrected chi connectivity index (χ3v) is 5.11. The van der Waals surface area contributed by atoms with Gasteiger partial charge in [0.05, 0.1) is 0 Å². The largest absolute Gasteiger partial charge is 0.371 e. The average Bonchev–Trinajstić information content (AvgIpc) is 1.85. The van der Waals surface area contributed by atoms with E-state index in [4.69, 9.17) is 12.2 Å². The van der Waals surface area contributed by atoms with Gasteiger partial charge in [-0.05, 0) is 12.3 Å². The molecule has 1 nitrogen and oxygen atoms in total. The number of hydrogen-bond acceptors (Lipinski definition) is 2. The first-order valence-electron chi connectivity index (χ1n) is 3.57. The summed E-state index contributed by atoms with van der Waals surface area (Å²) in [6, 6.07) is 0. The molecule has 0 amide bonds. The highest BCUT2D eigenvalue weighted by molar-refractivity contribution is 8.23. The molecule has 0 spiro atoms. The molecule has 1 N–H and O–H groups in total. The van der Waals surface area contributed by atoms with Gasteiger partial charge in [-0.3, -0.25) is 0 Å². The molecule has 0 unspecified atom stereocenters. The maximum absolute atomic E-state index is 5.05. The van der Waals surface area contributed by atoms with E-state index in [1.54, 1.807) is 11.8 Å². The van der Waals surface area contributed by atoms with Crippen LogP contribution < -0.4 is 5.32 Å². The number of rotatable bonds is 3. The van der Waals surface area contributed by atoms with Crippen LogP contribution in [0.4, 0.5) is 0 Å². The number of thioether (sulfide) groups is 1. The monoisotopic (exact) mass is 193 g/mol. The minimum Gasteiger partial charge on any atom is -0.371 e. The van der Waals surface area contributed by atoms with Crippen LogP contribution in [0, 0.1) is 0 Å². The molecule has 0 bridgehead atoms. The van der Waals surface area contributed by atoms with Crippen LogP contribution in [0.1, 0.15) is 6.92 Å². The Balaban J connectivity index is 3.22. The van der Waals surface area contributed by atoms with Crippen molar-refractivity contribution in [2.45, 2.75) is 20.0 Å². The highest BCUT2D eigenvalue weighted by Gasteiger charge is 1.98. The minimum absolute atomic E-state index is 0.416. The molecule has 0 aliphatic rings. The fraction of sp³-hybridized carbons (Fsp3) is 0.833. The van der Waals surface area contributed by atoms with Crippen LogP contribution >= 0.6 is 24.0 Å². The lowest BCUT2D eigenvalue weighted by molar-refractivity contribution is 0.995. The summed E-state index contributed by atoms with van der Waals surface area (Å²) in [6.45, 7) is 7.69. The Labute approximate surface area is 74.6 Å². The van der Waals surface area contributed by atoms with Crippen LogP contribution in [0.25, 0.3) is 0 Å². The van der Waals surface area contributed by atoms with Crippen molar-refractivity contribution in [2.24, 2.45) is 0 Å². The lowest BCUT2D eigenvalue weighted by atomic mass is 10.8. The summed E-state index contributed by atoms with van der Waals surface area (Å²) in [7, 11) is -0.416. The van der Waals surface area contributed by atoms with Gasteiger partial charge >= 0.3 is 0 Å². The molecule has 4 heteroatoms. The molecule has 0 aromatic carbocycles. The van der Waals surface area contributed by atoms with Gasteiger partial charge in [0.1, 0.15) is 4.32 Å². The molecule has 0 aromatic heterocycles. The summed E-state index contributed by atoms with van der Waals surface area (Å²) < 4.78 is 0.962. The zero-order chi connectivity index (χ0) is 7.98. The van der Waals surface area contributed by atoms with E-state index in [1.807, 2.05) is 0 Å². The van der Waals surface area contributed by atoms with E-state index < -0.39 is 8.80 Å². The Kier molecular flexibility index (Phi) is 6.47. The third-order valence-electron chi connectivity index (χ3n) is 0.869. The smallest absolute Gasteiger partial charge is 0.133 e. The van der Waals surface area contributed by atoms with Crippen LogP contribution in [0.5, 0.6) is 0 Å². The molecule has 0 aliphatic carbocycles. The van der Waals surface area contributed by atoms with Gasteiger partial charge < -0.3 is 5.32 Å². The van der Waals surface area contributed by atoms with Gasteiger partial charge in [0.25, 0.3) is 0 Å². The zero-order valence-electron chi connectivity index (χ0n) is 6.81. The molecular formula is C6H15NS2Si. The SMILES string of the molecule is CCNC(=S)SC[SiH](C)C. The Hall–Kier alpha value is 0.457. The fourth-order valence-corrected chi connectivity index (χ4v) is 3.38. The topological polar surface area (TPSA) is 12.0 Å². The quantitative estimate of drug-likeness (QED) is 0.541. The van der Waals surface area contributed by atoms with E-state index in [-0.39, 0.29) is 0 Å². The fourth-order valence-electron chi connectivity index (χ4n) is 0.438. The third kappa shape index (κ3) is 6.58. The van der Waals surface area contributed by atoms with Crippen molar-refractivity contribution in [1.29, 1.82) is 0 Å². The van der Waals surface area contributed by atoms with Crippen molar-refractivity contribution in [3.8, 4) is 0 Å². The zero-order valence-corrected chi connectivity index (χ0v) is 9.60. The molecule has 0 rings (SSSR count). The first kappa shape index (κ1) is 10.5. The van der Waals surface area contributed by atoms with Crippen LogP contribution in [0.15, 0.2) is 0 Å². The molecule has 0 heterocycles. The Morgan fingerprint density at radius 3 is 2.60 bits per heavy atom. The summed E-state index contributed by atoms with van der Waals surface area (Å²) in [5.74, 6) is 0. The highest BCUT2D eigenvalue weighted by Crippen LogP contribution is 2.02. The summed E-state index contributed by atoms with van der Waals surface area (Å²) in [4.78, 5) is 0. The molecular weight excluding hydrogens is 178 g/mol. The van der Waals surface area contributed by atoms with Crippen LogP contribution in [0.3, 0.4) is 0 Å². The van der Waals surface area contributed by atoms with Crippen molar-refractivity contribution in [3.05, 3.63) is 0 Å². The second-order valence-corrected chi connectivity index (χ2v) is 8.01. The number of nitrogens with one attached hydrogen (secondary N) is 1. The summed E-state index contributed by atoms with van der Waals surface area (Å²) in [6.07, 6.45) is 0. The van der Waals surface area contributed by atoms with E-state index in [0.717, 1.165) is 10.9 Å². The van der Waals surface area contributed by atoms with E-state index in [0.29, 0.717) is 0 Å². The lowest BCUT2D eigenvalue weighted by Crippen LogP contribution is -2.19. The van der Waals surface area contributed by atoms with Crippen molar-refractivity contribution < 1.29 is 0 Å². The summed E-state index contributed by atoms with van der Waals surface area (Å²) in [5, 5.41) is 4.37. The lowest BCUT2D eigenvalue weighted by Gasteiger charge is -2.04. The van der Waals surface area contributed by atoms with Crippen molar-refractivity contribution >= 4 is 37.1 Å². The second-order valence-electron chi connectivity index (χ2n) is 2.52. The molecule has 10 heavy (non-hydrogen) atoms. The first-order chi connectivity index (χ1) is 4.66. The van der Waals surface area contributed by atoms with Crippen LogP contribution in [-0.2, 0) is 0 Å². The molecule has 0 aliphatic heterocycles. The normalized spacial score (nSPS) is 10.0. The van der Waals surface area contributed by atoms with E-state index in [1.165, 1.54) is 5.38 Å². The predicted octanol–water partition coefficient (Wildman–Crippen LogP) is 1.64. The van der Waals surface area contributed by atoms with Gasteiger partial charge in [-0.25, -0.2) is 0 Å². The van der Waals surface area contributed by atoms with Crippen molar-refractivity contribution in [3.63, 3.8) is 0 Å². The predicted molar refractivity (Wildman–Crippen MR) is 57.6 cm³/mol. The molecule has 60 valence electrons. The Morgan fingerprint density at radius 2 is 2.20 bits per heavy atom. The second kappa shape index (κ2) is 6.19. The number of thiocarbonyl (C=S) groups is 1. The Bertz CT molecular complexity index is 106. The summed E-state index contributed by atoms with van der Waals surface area (Å²) >= 11 is 6.84. The van der Waals surface area contributed by atoms with Gasteiger partial charge in [0.2, 0.25) is 0 Å². The Morgan fingerprint density at radius 1 is 1.60 bits per heavy atom. The molecule has 0 aromatic rings. The minimum atomic E-state index is -0.416. The molecule has 0 fully saturated rings. The van der Waals surface area contributed by atoms with Gasteiger partial charge in [-0.2, -0.15) is 0 Å². The number of hydrogen-bond donors (Lipinski definition) is 1. The standard InChI is InChI=1S/C6H15NS2Si/c1-4-7-6(8)9-5-10(2)3/h10H,4-5H2,1-3H3,(H,7,8). The average molecular weight is 193 g/mol.